The molecular formula is C25H25N3O5. The van der Waals surface area contributed by atoms with Crippen molar-refractivity contribution in [2.24, 2.45) is 0 Å². The number of nitrogens with one attached hydrogen (secondary N) is 2. The van der Waals surface area contributed by atoms with Crippen LogP contribution in [0.25, 0.3) is 0 Å². The van der Waals surface area contributed by atoms with Gasteiger partial charge in [0.2, 0.25) is 11.7 Å². The van der Waals surface area contributed by atoms with Gasteiger partial charge < -0.3 is 19.9 Å². The van der Waals surface area contributed by atoms with Gasteiger partial charge in [-0.3, -0.25) is 9.59 Å². The van der Waals surface area contributed by atoms with E-state index in [4.69, 9.17) is 9.26 Å². The van der Waals surface area contributed by atoms with E-state index in [1.807, 2.05) is 30.3 Å². The summed E-state index contributed by atoms with van der Waals surface area (Å²) in [4.78, 5) is 37.3. The Morgan fingerprint density at radius 1 is 1.03 bits per heavy atom. The van der Waals surface area contributed by atoms with E-state index >= 15 is 0 Å². The number of ether oxygens (including phenoxy) is 1. The number of aryl methyl sites for hydroxylation is 1. The smallest absolute Gasteiger partial charge is 0.337 e. The summed E-state index contributed by atoms with van der Waals surface area (Å²) in [7, 11) is 1.29. The van der Waals surface area contributed by atoms with Crippen molar-refractivity contribution in [1.29, 1.82) is 0 Å². The lowest BCUT2D eigenvalue weighted by atomic mass is 9.96. The van der Waals surface area contributed by atoms with Crippen molar-refractivity contribution in [1.82, 2.24) is 10.5 Å². The number of esters is 1. The van der Waals surface area contributed by atoms with Crippen LogP contribution in [0.3, 0.4) is 0 Å². The Labute approximate surface area is 191 Å². The van der Waals surface area contributed by atoms with Gasteiger partial charge in [-0.1, -0.05) is 35.5 Å². The Kier molecular flexibility index (Phi) is 6.83. The quantitative estimate of drug-likeness (QED) is 0.537. The summed E-state index contributed by atoms with van der Waals surface area (Å²) in [6, 6.07) is 14.2. The molecule has 2 amide bonds. The standard InChI is InChI=1S/C25H25N3O5/c1-32-25(31)18-11-17(12-19(14-18)27-22(29)13-16-7-3-2-4-8-16)15-26-24(30)23-20-9-5-6-10-21(20)28-33-23/h2-4,7-8,11-12,14H,5-6,9-10,13,15H2,1H3,(H,26,30)(H,27,29). The Morgan fingerprint density at radius 2 is 1.82 bits per heavy atom. The zero-order valence-electron chi connectivity index (χ0n) is 18.3. The number of rotatable bonds is 7. The number of benzene rings is 2. The molecule has 1 aliphatic rings. The summed E-state index contributed by atoms with van der Waals surface area (Å²) >= 11 is 0. The molecule has 0 unspecified atom stereocenters. The van der Waals surface area contributed by atoms with Gasteiger partial charge >= 0.3 is 5.97 Å². The number of carbonyl (C=O) groups is 3. The molecule has 170 valence electrons. The van der Waals surface area contributed by atoms with Crippen molar-refractivity contribution in [2.45, 2.75) is 38.6 Å². The van der Waals surface area contributed by atoms with Crippen LogP contribution in [0.15, 0.2) is 53.1 Å². The summed E-state index contributed by atoms with van der Waals surface area (Å²) in [5.74, 6) is -0.869. The van der Waals surface area contributed by atoms with Crippen molar-refractivity contribution in [3.63, 3.8) is 0 Å². The number of aromatic nitrogens is 1. The third-order valence-electron chi connectivity index (χ3n) is 5.52. The molecule has 1 aromatic heterocycles. The maximum atomic E-state index is 12.7. The first-order chi connectivity index (χ1) is 16.0. The van der Waals surface area contributed by atoms with Gasteiger partial charge in [-0.2, -0.15) is 0 Å². The molecule has 0 bridgehead atoms. The number of hydrogen-bond acceptors (Lipinski definition) is 6. The molecule has 8 nitrogen and oxygen atoms in total. The van der Waals surface area contributed by atoms with Crippen LogP contribution >= 0.6 is 0 Å². The third-order valence-corrected chi connectivity index (χ3v) is 5.52. The highest BCUT2D eigenvalue weighted by Crippen LogP contribution is 2.24. The molecule has 0 radical (unpaired) electrons. The van der Waals surface area contributed by atoms with Crippen LogP contribution in [0, 0.1) is 0 Å². The molecule has 0 saturated carbocycles. The van der Waals surface area contributed by atoms with E-state index < -0.39 is 5.97 Å². The molecule has 2 aromatic carbocycles. The number of anilines is 1. The number of hydrogen-bond donors (Lipinski definition) is 2. The molecule has 33 heavy (non-hydrogen) atoms. The Balaban J connectivity index is 1.47. The monoisotopic (exact) mass is 447 g/mol. The Bertz CT molecular complexity index is 1170. The van der Waals surface area contributed by atoms with Crippen molar-refractivity contribution < 1.29 is 23.6 Å². The molecule has 0 atom stereocenters. The molecule has 0 aliphatic heterocycles. The van der Waals surface area contributed by atoms with E-state index in [0.29, 0.717) is 11.3 Å². The highest BCUT2D eigenvalue weighted by molar-refractivity contribution is 5.96. The van der Waals surface area contributed by atoms with Gasteiger partial charge in [0.1, 0.15) is 0 Å². The van der Waals surface area contributed by atoms with E-state index in [2.05, 4.69) is 15.8 Å². The normalized spacial score (nSPS) is 12.5. The number of nitrogens with zero attached hydrogens (tertiary/aromatic N) is 1. The van der Waals surface area contributed by atoms with Crippen molar-refractivity contribution in [3.8, 4) is 0 Å². The molecule has 0 fully saturated rings. The molecule has 1 aliphatic carbocycles. The summed E-state index contributed by atoms with van der Waals surface area (Å²) in [5, 5.41) is 9.65. The number of carbonyl (C=O) groups excluding carboxylic acids is 3. The zero-order valence-corrected chi connectivity index (χ0v) is 18.3. The first-order valence-corrected chi connectivity index (χ1v) is 10.8. The van der Waals surface area contributed by atoms with E-state index in [9.17, 15) is 14.4 Å². The lowest BCUT2D eigenvalue weighted by molar-refractivity contribution is -0.115. The molecule has 2 N–H and O–H groups in total. The second-order valence-electron chi connectivity index (χ2n) is 7.95. The Hall–Kier alpha value is -3.94. The van der Waals surface area contributed by atoms with Crippen LogP contribution in [0.1, 0.15) is 56.1 Å². The molecule has 0 spiro atoms. The largest absolute Gasteiger partial charge is 0.465 e. The minimum absolute atomic E-state index is 0.140. The average Bonchev–Trinajstić information content (AvgIpc) is 3.27. The average molecular weight is 447 g/mol. The predicted octanol–water partition coefficient (Wildman–Crippen LogP) is 3.45. The Morgan fingerprint density at radius 3 is 2.61 bits per heavy atom. The maximum Gasteiger partial charge on any atom is 0.337 e. The van der Waals surface area contributed by atoms with E-state index in [-0.39, 0.29) is 36.1 Å². The van der Waals surface area contributed by atoms with Crippen LogP contribution in [0.5, 0.6) is 0 Å². The van der Waals surface area contributed by atoms with Gasteiger partial charge in [-0.05, 0) is 55.0 Å². The highest BCUT2D eigenvalue weighted by Gasteiger charge is 2.24. The van der Waals surface area contributed by atoms with Crippen LogP contribution in [-0.2, 0) is 35.3 Å². The summed E-state index contributed by atoms with van der Waals surface area (Å²) < 4.78 is 10.1. The predicted molar refractivity (Wildman–Crippen MR) is 121 cm³/mol. The third kappa shape index (κ3) is 5.46. The van der Waals surface area contributed by atoms with Crippen LogP contribution in [0.2, 0.25) is 0 Å². The summed E-state index contributed by atoms with van der Waals surface area (Å²) in [6.45, 7) is 0.140. The topological polar surface area (TPSA) is 111 Å². The van der Waals surface area contributed by atoms with Crippen LogP contribution < -0.4 is 10.6 Å². The van der Waals surface area contributed by atoms with Gasteiger partial charge in [0.15, 0.2) is 0 Å². The summed E-state index contributed by atoms with van der Waals surface area (Å²) in [6.07, 6.45) is 3.84. The summed E-state index contributed by atoms with van der Waals surface area (Å²) in [5.41, 5.74) is 3.95. The van der Waals surface area contributed by atoms with Crippen LogP contribution in [-0.4, -0.2) is 30.1 Å². The van der Waals surface area contributed by atoms with E-state index in [1.165, 1.54) is 7.11 Å². The number of fused-ring (bicyclic) bond motifs is 1. The fourth-order valence-electron chi connectivity index (χ4n) is 3.92. The fourth-order valence-corrected chi connectivity index (χ4v) is 3.92. The lowest BCUT2D eigenvalue weighted by Crippen LogP contribution is -2.24. The van der Waals surface area contributed by atoms with Gasteiger partial charge in [-0.15, -0.1) is 0 Å². The zero-order chi connectivity index (χ0) is 23.2. The van der Waals surface area contributed by atoms with Gasteiger partial charge in [0, 0.05) is 17.8 Å². The maximum absolute atomic E-state index is 12.7. The van der Waals surface area contributed by atoms with E-state index in [0.717, 1.165) is 42.5 Å². The highest BCUT2D eigenvalue weighted by atomic mass is 16.5. The molecular weight excluding hydrogens is 422 g/mol. The minimum Gasteiger partial charge on any atom is -0.465 e. The molecule has 8 heteroatoms. The lowest BCUT2D eigenvalue weighted by Gasteiger charge is -2.12. The SMILES string of the molecule is COC(=O)c1cc(CNC(=O)c2onc3c2CCCC3)cc(NC(=O)Cc2ccccc2)c1. The number of amides is 2. The number of methoxy groups -OCH3 is 1. The van der Waals surface area contributed by atoms with Gasteiger partial charge in [0.05, 0.1) is 24.8 Å². The van der Waals surface area contributed by atoms with Crippen molar-refractivity contribution >= 4 is 23.5 Å². The second-order valence-corrected chi connectivity index (χ2v) is 7.95. The van der Waals surface area contributed by atoms with Crippen molar-refractivity contribution in [2.75, 3.05) is 12.4 Å². The second kappa shape index (κ2) is 10.1. The van der Waals surface area contributed by atoms with Gasteiger partial charge in [0.25, 0.3) is 5.91 Å². The van der Waals surface area contributed by atoms with Crippen molar-refractivity contribution in [3.05, 3.63) is 82.2 Å². The fraction of sp³-hybridized carbons (Fsp3) is 0.280. The molecule has 0 saturated heterocycles. The molecule has 3 aromatic rings. The molecule has 1 heterocycles. The first-order valence-electron chi connectivity index (χ1n) is 10.8. The first kappa shape index (κ1) is 22.3. The minimum atomic E-state index is -0.536. The van der Waals surface area contributed by atoms with Crippen LogP contribution in [0.4, 0.5) is 5.69 Å². The van der Waals surface area contributed by atoms with E-state index in [1.54, 1.807) is 18.2 Å². The van der Waals surface area contributed by atoms with Gasteiger partial charge in [-0.25, -0.2) is 4.79 Å². The molecule has 4 rings (SSSR count).